The van der Waals surface area contributed by atoms with Crippen molar-refractivity contribution in [3.05, 3.63) is 17.8 Å². The van der Waals surface area contributed by atoms with Crippen molar-refractivity contribution in [3.63, 3.8) is 0 Å². The van der Waals surface area contributed by atoms with Gasteiger partial charge in [0.2, 0.25) is 11.8 Å². The molecule has 1 saturated heterocycles. The smallest absolute Gasteiger partial charge is 0.220 e. The summed E-state index contributed by atoms with van der Waals surface area (Å²) in [6.07, 6.45) is 5.68. The number of rotatable bonds is 5. The number of nitrogens with zero attached hydrogens (tertiary/aromatic N) is 1. The van der Waals surface area contributed by atoms with Crippen LogP contribution in [0.4, 0.5) is 0 Å². The van der Waals surface area contributed by atoms with Crippen molar-refractivity contribution < 1.29 is 9.21 Å². The third kappa shape index (κ3) is 5.97. The Morgan fingerprint density at radius 1 is 1.41 bits per heavy atom. The fourth-order valence-corrected chi connectivity index (χ4v) is 2.51. The Labute approximate surface area is 139 Å². The van der Waals surface area contributed by atoms with E-state index in [0.29, 0.717) is 24.8 Å². The number of hydrogen-bond donors (Lipinski definition) is 2. The number of hydrogen-bond acceptors (Lipinski definition) is 4. The van der Waals surface area contributed by atoms with Gasteiger partial charge in [-0.05, 0) is 38.3 Å². The number of amides is 1. The van der Waals surface area contributed by atoms with Gasteiger partial charge in [-0.25, -0.2) is 4.98 Å². The van der Waals surface area contributed by atoms with Crippen LogP contribution in [0.2, 0.25) is 0 Å². The summed E-state index contributed by atoms with van der Waals surface area (Å²) in [6.45, 7) is 8.77. The van der Waals surface area contributed by atoms with Crippen molar-refractivity contribution in [1.82, 2.24) is 15.6 Å². The van der Waals surface area contributed by atoms with Crippen molar-refractivity contribution in [2.24, 2.45) is 5.92 Å². The summed E-state index contributed by atoms with van der Waals surface area (Å²) in [6, 6.07) is 0. The van der Waals surface area contributed by atoms with Gasteiger partial charge in [0.15, 0.2) is 0 Å². The first-order chi connectivity index (χ1) is 9.95. The van der Waals surface area contributed by atoms with Crippen molar-refractivity contribution in [2.75, 3.05) is 13.1 Å². The molecule has 0 bridgehead atoms. The van der Waals surface area contributed by atoms with Gasteiger partial charge in [0, 0.05) is 11.8 Å². The summed E-state index contributed by atoms with van der Waals surface area (Å²) in [5, 5.41) is 6.23. The number of halogens is 1. The van der Waals surface area contributed by atoms with Crippen LogP contribution in [0.25, 0.3) is 0 Å². The molecule has 0 radical (unpaired) electrons. The van der Waals surface area contributed by atoms with E-state index in [0.717, 1.165) is 25.3 Å². The highest BCUT2D eigenvalue weighted by Gasteiger charge is 2.19. The van der Waals surface area contributed by atoms with E-state index in [-0.39, 0.29) is 23.7 Å². The molecular weight excluding hydrogens is 302 g/mol. The van der Waals surface area contributed by atoms with Gasteiger partial charge in [-0.2, -0.15) is 0 Å². The second kappa shape index (κ2) is 8.53. The molecule has 1 aliphatic rings. The molecule has 1 aromatic heterocycles. The maximum absolute atomic E-state index is 11.9. The van der Waals surface area contributed by atoms with Crippen molar-refractivity contribution in [1.29, 1.82) is 0 Å². The van der Waals surface area contributed by atoms with E-state index in [1.54, 1.807) is 6.20 Å². The molecule has 1 aliphatic heterocycles. The van der Waals surface area contributed by atoms with Crippen LogP contribution in [0.1, 0.15) is 58.1 Å². The standard InChI is InChI=1S/C16H27N3O2.ClH/c1-16(2,3)13-10-19-15(21-13)11-18-14(20)5-4-12-6-8-17-9-7-12;/h10,12,17H,4-9,11H2,1-3H3,(H,18,20);1H. The summed E-state index contributed by atoms with van der Waals surface area (Å²) in [5.41, 5.74) is -0.0513. The van der Waals surface area contributed by atoms with Crippen LogP contribution in [0.3, 0.4) is 0 Å². The van der Waals surface area contributed by atoms with Gasteiger partial charge in [-0.1, -0.05) is 20.8 Å². The quantitative estimate of drug-likeness (QED) is 0.871. The van der Waals surface area contributed by atoms with E-state index in [1.807, 2.05) is 0 Å². The van der Waals surface area contributed by atoms with Crippen LogP contribution in [0, 0.1) is 5.92 Å². The zero-order valence-corrected chi connectivity index (χ0v) is 14.6. The molecule has 0 unspecified atom stereocenters. The molecule has 22 heavy (non-hydrogen) atoms. The molecule has 0 aliphatic carbocycles. The zero-order valence-electron chi connectivity index (χ0n) is 13.8. The lowest BCUT2D eigenvalue weighted by Gasteiger charge is -2.22. The molecule has 1 amide bonds. The Balaban J connectivity index is 0.00000242. The van der Waals surface area contributed by atoms with Crippen molar-refractivity contribution in [3.8, 4) is 0 Å². The molecule has 0 aromatic carbocycles. The second-order valence-corrected chi connectivity index (χ2v) is 6.88. The highest BCUT2D eigenvalue weighted by atomic mass is 35.5. The summed E-state index contributed by atoms with van der Waals surface area (Å²) < 4.78 is 5.66. The lowest BCUT2D eigenvalue weighted by atomic mass is 9.93. The number of carbonyl (C=O) groups excluding carboxylic acids is 1. The van der Waals surface area contributed by atoms with E-state index >= 15 is 0 Å². The van der Waals surface area contributed by atoms with Crippen LogP contribution in [0.5, 0.6) is 0 Å². The highest BCUT2D eigenvalue weighted by Crippen LogP contribution is 2.22. The van der Waals surface area contributed by atoms with Gasteiger partial charge in [-0.15, -0.1) is 12.4 Å². The summed E-state index contributed by atoms with van der Waals surface area (Å²) in [7, 11) is 0. The molecule has 6 heteroatoms. The van der Waals surface area contributed by atoms with E-state index < -0.39 is 0 Å². The number of nitrogens with one attached hydrogen (secondary N) is 2. The monoisotopic (exact) mass is 329 g/mol. The molecule has 2 heterocycles. The highest BCUT2D eigenvalue weighted by molar-refractivity contribution is 5.85. The lowest BCUT2D eigenvalue weighted by Crippen LogP contribution is -2.29. The van der Waals surface area contributed by atoms with E-state index in [2.05, 4.69) is 36.4 Å². The van der Waals surface area contributed by atoms with Gasteiger partial charge < -0.3 is 15.1 Å². The van der Waals surface area contributed by atoms with Gasteiger partial charge in [0.05, 0.1) is 12.7 Å². The molecule has 2 rings (SSSR count). The lowest BCUT2D eigenvalue weighted by molar-refractivity contribution is -0.121. The molecule has 5 nitrogen and oxygen atoms in total. The van der Waals surface area contributed by atoms with Crippen molar-refractivity contribution in [2.45, 2.75) is 58.4 Å². The number of piperidine rings is 1. The predicted molar refractivity (Wildman–Crippen MR) is 89.1 cm³/mol. The molecule has 1 aromatic rings. The first-order valence-corrected chi connectivity index (χ1v) is 7.88. The minimum atomic E-state index is -0.0513. The van der Waals surface area contributed by atoms with Gasteiger partial charge in [0.1, 0.15) is 5.76 Å². The number of carbonyl (C=O) groups is 1. The van der Waals surface area contributed by atoms with Crippen LogP contribution >= 0.6 is 12.4 Å². The fraction of sp³-hybridized carbons (Fsp3) is 0.750. The predicted octanol–water partition coefficient (Wildman–Crippen LogP) is 2.79. The van der Waals surface area contributed by atoms with Crippen LogP contribution in [0.15, 0.2) is 10.6 Å². The van der Waals surface area contributed by atoms with Crippen LogP contribution < -0.4 is 10.6 Å². The maximum Gasteiger partial charge on any atom is 0.220 e. The summed E-state index contributed by atoms with van der Waals surface area (Å²) >= 11 is 0. The fourth-order valence-electron chi connectivity index (χ4n) is 2.51. The first-order valence-electron chi connectivity index (χ1n) is 7.88. The van der Waals surface area contributed by atoms with E-state index in [9.17, 15) is 4.79 Å². The van der Waals surface area contributed by atoms with Crippen LogP contribution in [-0.4, -0.2) is 24.0 Å². The molecular formula is C16H28ClN3O2. The normalized spacial score (nSPS) is 16.1. The third-order valence-electron chi connectivity index (χ3n) is 3.97. The summed E-state index contributed by atoms with van der Waals surface area (Å²) in [5.74, 6) is 2.20. The summed E-state index contributed by atoms with van der Waals surface area (Å²) in [4.78, 5) is 16.1. The first kappa shape index (κ1) is 19.0. The van der Waals surface area contributed by atoms with Gasteiger partial charge >= 0.3 is 0 Å². The average molecular weight is 330 g/mol. The molecule has 0 saturated carbocycles. The zero-order chi connectivity index (χ0) is 15.3. The topological polar surface area (TPSA) is 67.2 Å². The Kier molecular flexibility index (Phi) is 7.36. The SMILES string of the molecule is CC(C)(C)c1cnc(CNC(=O)CCC2CCNCC2)o1.Cl. The van der Waals surface area contributed by atoms with Gasteiger partial charge in [0.25, 0.3) is 0 Å². The number of oxazole rings is 1. The Morgan fingerprint density at radius 2 is 2.09 bits per heavy atom. The Bertz CT molecular complexity index is 462. The Hall–Kier alpha value is -1.07. The largest absolute Gasteiger partial charge is 0.443 e. The minimum Gasteiger partial charge on any atom is -0.443 e. The van der Waals surface area contributed by atoms with Gasteiger partial charge in [-0.3, -0.25) is 4.79 Å². The molecule has 2 N–H and O–H groups in total. The minimum absolute atomic E-state index is 0. The van der Waals surface area contributed by atoms with E-state index in [1.165, 1.54) is 12.8 Å². The van der Waals surface area contributed by atoms with Crippen LogP contribution in [-0.2, 0) is 16.8 Å². The van der Waals surface area contributed by atoms with E-state index in [4.69, 9.17) is 4.42 Å². The molecule has 0 spiro atoms. The number of aromatic nitrogens is 1. The maximum atomic E-state index is 11.9. The van der Waals surface area contributed by atoms with Crippen molar-refractivity contribution >= 4 is 18.3 Å². The molecule has 1 fully saturated rings. The molecule has 126 valence electrons. The average Bonchev–Trinajstić information content (AvgIpc) is 2.93. The Morgan fingerprint density at radius 3 is 2.68 bits per heavy atom. The second-order valence-electron chi connectivity index (χ2n) is 6.88. The third-order valence-corrected chi connectivity index (χ3v) is 3.97. The molecule has 0 atom stereocenters.